The van der Waals surface area contributed by atoms with Crippen molar-refractivity contribution >= 4 is 15.9 Å². The summed E-state index contributed by atoms with van der Waals surface area (Å²) in [4.78, 5) is 0. The molecule has 0 radical (unpaired) electrons. The first-order valence-corrected chi connectivity index (χ1v) is 6.16. The highest BCUT2D eigenvalue weighted by Gasteiger charge is 2.65. The van der Waals surface area contributed by atoms with E-state index in [1.165, 1.54) is 27.9 Å². The SMILES string of the molecule is CO[C@@H]1O[C@H](CBr)[C@@](C)(O)[C@](C)(O)[C@@]1(C)O. The fraction of sp³-hybridized carbons (Fsp3) is 1.00. The second-order valence-electron chi connectivity index (χ2n) is 4.71. The van der Waals surface area contributed by atoms with Crippen LogP contribution < -0.4 is 0 Å². The van der Waals surface area contributed by atoms with E-state index in [9.17, 15) is 15.3 Å². The molecule has 0 aromatic carbocycles. The molecule has 0 bridgehead atoms. The lowest BCUT2D eigenvalue weighted by molar-refractivity contribution is -0.380. The van der Waals surface area contributed by atoms with Crippen LogP contribution in [0.15, 0.2) is 0 Å². The van der Waals surface area contributed by atoms with Gasteiger partial charge >= 0.3 is 0 Å². The molecule has 3 N–H and O–H groups in total. The standard InChI is InChI=1S/C10H19BrO5/c1-8(12)6(5-11)16-7(15-4)9(2,13)10(8,3)14/h6-7,12-14H,5H2,1-4H3/t6-,7-,8-,9+,10+/m1/s1. The topological polar surface area (TPSA) is 79.2 Å². The van der Waals surface area contributed by atoms with Gasteiger partial charge in [-0.25, -0.2) is 0 Å². The largest absolute Gasteiger partial charge is 0.384 e. The third kappa shape index (κ3) is 1.72. The van der Waals surface area contributed by atoms with Gasteiger partial charge in [0.15, 0.2) is 6.29 Å². The first-order chi connectivity index (χ1) is 7.12. The smallest absolute Gasteiger partial charge is 0.189 e. The molecule has 1 heterocycles. The highest BCUT2D eigenvalue weighted by Crippen LogP contribution is 2.44. The summed E-state index contributed by atoms with van der Waals surface area (Å²) in [5, 5.41) is 31.2. The van der Waals surface area contributed by atoms with Gasteiger partial charge < -0.3 is 24.8 Å². The molecule has 0 aromatic rings. The summed E-state index contributed by atoms with van der Waals surface area (Å²) in [5.74, 6) is 0. The number of rotatable bonds is 2. The predicted octanol–water partition coefficient (Wildman–Crippen LogP) is 0.00560. The number of aliphatic hydroxyl groups is 3. The molecule has 5 nitrogen and oxygen atoms in total. The lowest BCUT2D eigenvalue weighted by Gasteiger charge is -2.57. The average molecular weight is 299 g/mol. The molecule has 0 aliphatic carbocycles. The Morgan fingerprint density at radius 3 is 2.06 bits per heavy atom. The van der Waals surface area contributed by atoms with Crippen molar-refractivity contribution in [2.75, 3.05) is 12.4 Å². The average Bonchev–Trinajstić information content (AvgIpc) is 2.16. The second kappa shape index (κ2) is 4.19. The van der Waals surface area contributed by atoms with Gasteiger partial charge in [0.05, 0.1) is 0 Å². The Morgan fingerprint density at radius 1 is 1.19 bits per heavy atom. The Morgan fingerprint density at radius 2 is 1.69 bits per heavy atom. The van der Waals surface area contributed by atoms with Gasteiger partial charge in [-0.15, -0.1) is 0 Å². The number of hydrogen-bond donors (Lipinski definition) is 3. The van der Waals surface area contributed by atoms with Crippen molar-refractivity contribution in [1.82, 2.24) is 0 Å². The van der Waals surface area contributed by atoms with Gasteiger partial charge in [0, 0.05) is 12.4 Å². The molecule has 0 amide bonds. The number of hydrogen-bond acceptors (Lipinski definition) is 5. The lowest BCUT2D eigenvalue weighted by atomic mass is 9.69. The normalized spacial score (nSPS) is 54.0. The fourth-order valence-electron chi connectivity index (χ4n) is 1.94. The van der Waals surface area contributed by atoms with Crippen molar-refractivity contribution in [1.29, 1.82) is 0 Å². The minimum Gasteiger partial charge on any atom is -0.384 e. The highest BCUT2D eigenvalue weighted by atomic mass is 79.9. The second-order valence-corrected chi connectivity index (χ2v) is 5.36. The summed E-state index contributed by atoms with van der Waals surface area (Å²) < 4.78 is 10.4. The summed E-state index contributed by atoms with van der Waals surface area (Å²) in [6.07, 6.45) is -1.67. The van der Waals surface area contributed by atoms with Crippen LogP contribution in [0.3, 0.4) is 0 Å². The van der Waals surface area contributed by atoms with E-state index in [0.29, 0.717) is 5.33 Å². The summed E-state index contributed by atoms with van der Waals surface area (Å²) in [7, 11) is 1.38. The van der Waals surface area contributed by atoms with Crippen LogP contribution in [0.5, 0.6) is 0 Å². The van der Waals surface area contributed by atoms with Crippen LogP contribution in [-0.4, -0.2) is 57.0 Å². The van der Waals surface area contributed by atoms with E-state index in [1.54, 1.807) is 0 Å². The van der Waals surface area contributed by atoms with Crippen LogP contribution in [0, 0.1) is 0 Å². The van der Waals surface area contributed by atoms with Crippen LogP contribution in [0.1, 0.15) is 20.8 Å². The first kappa shape index (κ1) is 14.3. The Labute approximate surface area is 103 Å². The van der Waals surface area contributed by atoms with Crippen molar-refractivity contribution in [2.24, 2.45) is 0 Å². The number of methoxy groups -OCH3 is 1. The summed E-state index contributed by atoms with van der Waals surface area (Å²) in [6.45, 7) is 4.18. The van der Waals surface area contributed by atoms with Crippen LogP contribution in [-0.2, 0) is 9.47 Å². The fourth-order valence-corrected chi connectivity index (χ4v) is 2.72. The molecule has 1 aliphatic heterocycles. The summed E-state index contributed by atoms with van der Waals surface area (Å²) in [5.41, 5.74) is -5.05. The van der Waals surface area contributed by atoms with Crippen molar-refractivity contribution < 1.29 is 24.8 Å². The van der Waals surface area contributed by atoms with E-state index in [0.717, 1.165) is 0 Å². The lowest BCUT2D eigenvalue weighted by Crippen LogP contribution is -2.77. The van der Waals surface area contributed by atoms with Gasteiger partial charge in [-0.2, -0.15) is 0 Å². The number of ether oxygens (including phenoxy) is 2. The zero-order chi connectivity index (χ0) is 12.8. The van der Waals surface area contributed by atoms with E-state index in [1.807, 2.05) is 0 Å². The van der Waals surface area contributed by atoms with Crippen LogP contribution in [0.25, 0.3) is 0 Å². The maximum atomic E-state index is 10.4. The van der Waals surface area contributed by atoms with E-state index in [2.05, 4.69) is 15.9 Å². The van der Waals surface area contributed by atoms with Gasteiger partial charge in [0.2, 0.25) is 0 Å². The van der Waals surface area contributed by atoms with Gasteiger partial charge in [-0.1, -0.05) is 15.9 Å². The number of halogens is 1. The van der Waals surface area contributed by atoms with Gasteiger partial charge in [0.25, 0.3) is 0 Å². The summed E-state index contributed by atoms with van der Waals surface area (Å²) in [6, 6.07) is 0. The molecule has 0 saturated carbocycles. The van der Waals surface area contributed by atoms with Crippen molar-refractivity contribution in [3.05, 3.63) is 0 Å². The van der Waals surface area contributed by atoms with Crippen molar-refractivity contribution in [3.63, 3.8) is 0 Å². The Hall–Kier alpha value is 0.280. The minimum atomic E-state index is -1.75. The van der Waals surface area contributed by atoms with E-state index < -0.39 is 29.2 Å². The van der Waals surface area contributed by atoms with Crippen LogP contribution >= 0.6 is 15.9 Å². The zero-order valence-corrected chi connectivity index (χ0v) is 11.5. The monoisotopic (exact) mass is 298 g/mol. The molecule has 1 aliphatic rings. The van der Waals surface area contributed by atoms with Crippen LogP contribution in [0.4, 0.5) is 0 Å². The Bertz CT molecular complexity index is 240. The van der Waals surface area contributed by atoms with Gasteiger partial charge in [0.1, 0.15) is 22.9 Å². The van der Waals surface area contributed by atoms with E-state index in [4.69, 9.17) is 9.47 Å². The molecule has 1 fully saturated rings. The van der Waals surface area contributed by atoms with Gasteiger partial charge in [-0.05, 0) is 20.8 Å². The molecule has 5 atom stereocenters. The molecule has 1 saturated heterocycles. The zero-order valence-electron chi connectivity index (χ0n) is 9.90. The summed E-state index contributed by atoms with van der Waals surface area (Å²) >= 11 is 3.20. The molecule has 0 spiro atoms. The number of alkyl halides is 1. The maximum absolute atomic E-state index is 10.4. The molecule has 0 unspecified atom stereocenters. The van der Waals surface area contributed by atoms with Gasteiger partial charge in [-0.3, -0.25) is 0 Å². The molecular formula is C10H19BrO5. The van der Waals surface area contributed by atoms with Crippen molar-refractivity contribution in [3.8, 4) is 0 Å². The first-order valence-electron chi connectivity index (χ1n) is 5.04. The quantitative estimate of drug-likeness (QED) is 0.626. The van der Waals surface area contributed by atoms with Crippen molar-refractivity contribution in [2.45, 2.75) is 50.0 Å². The molecular weight excluding hydrogens is 280 g/mol. The maximum Gasteiger partial charge on any atom is 0.189 e. The molecule has 0 aromatic heterocycles. The third-order valence-electron chi connectivity index (χ3n) is 3.70. The molecule has 16 heavy (non-hydrogen) atoms. The third-order valence-corrected chi connectivity index (χ3v) is 4.29. The molecule has 6 heteroatoms. The predicted molar refractivity (Wildman–Crippen MR) is 61.3 cm³/mol. The molecule has 1 rings (SSSR count). The Balaban J connectivity index is 3.18. The highest BCUT2D eigenvalue weighted by molar-refractivity contribution is 9.09. The molecule has 96 valence electrons. The van der Waals surface area contributed by atoms with E-state index >= 15 is 0 Å². The van der Waals surface area contributed by atoms with Crippen LogP contribution in [0.2, 0.25) is 0 Å². The Kier molecular flexibility index (Phi) is 3.75. The van der Waals surface area contributed by atoms with E-state index in [-0.39, 0.29) is 0 Å². The minimum absolute atomic E-state index is 0.325.